The predicted molar refractivity (Wildman–Crippen MR) is 73.3 cm³/mol. The van der Waals surface area contributed by atoms with Crippen LogP contribution in [-0.2, 0) is 6.42 Å². The number of hydrogen-bond acceptors (Lipinski definition) is 2. The zero-order chi connectivity index (χ0) is 12.5. The summed E-state index contributed by atoms with van der Waals surface area (Å²) in [6, 6.07) is 9.58. The lowest BCUT2D eigenvalue weighted by molar-refractivity contribution is 0.737. The quantitative estimate of drug-likeness (QED) is 0.894. The molecule has 1 heterocycles. The molecule has 0 aliphatic heterocycles. The monoisotopic (exact) mass is 241 g/mol. The molecule has 1 aliphatic carbocycles. The third kappa shape index (κ3) is 2.31. The second kappa shape index (κ2) is 4.58. The van der Waals surface area contributed by atoms with E-state index in [4.69, 9.17) is 5.73 Å². The molecule has 94 valence electrons. The summed E-state index contributed by atoms with van der Waals surface area (Å²) in [7, 11) is 0. The average Bonchev–Trinajstić information content (AvgIpc) is 3.08. The van der Waals surface area contributed by atoms with Crippen molar-refractivity contribution in [3.05, 3.63) is 42.4 Å². The fraction of sp³-hybridized carbons (Fsp3) is 0.400. The maximum atomic E-state index is 5.82. The van der Waals surface area contributed by atoms with E-state index < -0.39 is 0 Å². The second-order valence-corrected chi connectivity index (χ2v) is 5.30. The molecule has 1 aromatic carbocycles. The molecule has 1 saturated carbocycles. The topological polar surface area (TPSA) is 43.8 Å². The zero-order valence-electron chi connectivity index (χ0n) is 10.7. The standard InChI is InChI=1S/C15H19N3/c1-11(16)8-12-2-4-13(5-3-12)15-9-17-10-18(15)14-6-7-14/h2-5,9-11,14H,6-8,16H2,1H3. The van der Waals surface area contributed by atoms with Gasteiger partial charge < -0.3 is 10.3 Å². The number of aromatic nitrogens is 2. The van der Waals surface area contributed by atoms with Crippen molar-refractivity contribution >= 4 is 0 Å². The van der Waals surface area contributed by atoms with Gasteiger partial charge in [-0.3, -0.25) is 0 Å². The summed E-state index contributed by atoms with van der Waals surface area (Å²) in [4.78, 5) is 4.27. The minimum absolute atomic E-state index is 0.216. The molecule has 2 N–H and O–H groups in total. The van der Waals surface area contributed by atoms with E-state index >= 15 is 0 Å². The van der Waals surface area contributed by atoms with Crippen molar-refractivity contribution in [2.75, 3.05) is 0 Å². The van der Waals surface area contributed by atoms with Crippen LogP contribution in [0, 0.1) is 0 Å². The summed E-state index contributed by atoms with van der Waals surface area (Å²) in [5.41, 5.74) is 9.58. The van der Waals surface area contributed by atoms with E-state index in [-0.39, 0.29) is 6.04 Å². The highest BCUT2D eigenvalue weighted by atomic mass is 15.1. The van der Waals surface area contributed by atoms with E-state index in [9.17, 15) is 0 Å². The summed E-state index contributed by atoms with van der Waals surface area (Å²) in [5, 5.41) is 0. The highest BCUT2D eigenvalue weighted by molar-refractivity contribution is 5.59. The van der Waals surface area contributed by atoms with Crippen molar-refractivity contribution in [1.29, 1.82) is 0 Å². The summed E-state index contributed by atoms with van der Waals surface area (Å²) in [5.74, 6) is 0. The SMILES string of the molecule is CC(N)Cc1ccc(-c2cncn2C2CC2)cc1. The molecule has 3 rings (SSSR count). The van der Waals surface area contributed by atoms with Gasteiger partial charge in [0.2, 0.25) is 0 Å². The normalized spacial score (nSPS) is 16.8. The Labute approximate surface area is 108 Å². The molecule has 18 heavy (non-hydrogen) atoms. The van der Waals surface area contributed by atoms with Crippen LogP contribution in [0.2, 0.25) is 0 Å². The van der Waals surface area contributed by atoms with E-state index in [0.717, 1.165) is 6.42 Å². The minimum atomic E-state index is 0.216. The number of rotatable bonds is 4. The third-order valence-electron chi connectivity index (χ3n) is 3.41. The van der Waals surface area contributed by atoms with Crippen molar-refractivity contribution in [2.24, 2.45) is 5.73 Å². The van der Waals surface area contributed by atoms with Gasteiger partial charge in [0.15, 0.2) is 0 Å². The molecule has 1 aromatic heterocycles. The van der Waals surface area contributed by atoms with Crippen LogP contribution in [0.25, 0.3) is 11.3 Å². The Morgan fingerprint density at radius 1 is 1.33 bits per heavy atom. The highest BCUT2D eigenvalue weighted by Crippen LogP contribution is 2.38. The zero-order valence-corrected chi connectivity index (χ0v) is 10.7. The van der Waals surface area contributed by atoms with Gasteiger partial charge in [-0.25, -0.2) is 4.98 Å². The first-order valence-electron chi connectivity index (χ1n) is 6.61. The maximum Gasteiger partial charge on any atom is 0.0953 e. The van der Waals surface area contributed by atoms with Gasteiger partial charge in [-0.1, -0.05) is 24.3 Å². The Balaban J connectivity index is 1.85. The summed E-state index contributed by atoms with van der Waals surface area (Å²) >= 11 is 0. The van der Waals surface area contributed by atoms with E-state index in [1.54, 1.807) is 0 Å². The van der Waals surface area contributed by atoms with Gasteiger partial charge in [0.05, 0.1) is 18.2 Å². The first kappa shape index (κ1) is 11.5. The maximum absolute atomic E-state index is 5.82. The largest absolute Gasteiger partial charge is 0.328 e. The molecule has 0 bridgehead atoms. The van der Waals surface area contributed by atoms with Crippen LogP contribution in [-0.4, -0.2) is 15.6 Å². The molecule has 1 fully saturated rings. The Kier molecular flexibility index (Phi) is 2.92. The van der Waals surface area contributed by atoms with E-state index in [2.05, 4.69) is 33.8 Å². The summed E-state index contributed by atoms with van der Waals surface area (Å²) in [6.45, 7) is 2.04. The molecule has 0 spiro atoms. The molecule has 1 atom stereocenters. The number of benzene rings is 1. The summed E-state index contributed by atoms with van der Waals surface area (Å²) in [6.07, 6.45) is 7.40. The number of nitrogens with two attached hydrogens (primary N) is 1. The Bertz CT molecular complexity index is 521. The number of imidazole rings is 1. The smallest absolute Gasteiger partial charge is 0.0953 e. The molecule has 0 saturated heterocycles. The molecule has 2 aromatic rings. The van der Waals surface area contributed by atoms with E-state index in [1.807, 2.05) is 19.4 Å². The van der Waals surface area contributed by atoms with Crippen LogP contribution >= 0.6 is 0 Å². The van der Waals surface area contributed by atoms with Crippen molar-refractivity contribution in [1.82, 2.24) is 9.55 Å². The number of nitrogens with zero attached hydrogens (tertiary/aromatic N) is 2. The van der Waals surface area contributed by atoms with Crippen molar-refractivity contribution in [3.8, 4) is 11.3 Å². The Morgan fingerprint density at radius 3 is 2.67 bits per heavy atom. The van der Waals surface area contributed by atoms with E-state index in [0.29, 0.717) is 6.04 Å². The highest BCUT2D eigenvalue weighted by Gasteiger charge is 2.25. The molecule has 3 heteroatoms. The van der Waals surface area contributed by atoms with Gasteiger partial charge in [-0.15, -0.1) is 0 Å². The van der Waals surface area contributed by atoms with E-state index in [1.165, 1.54) is 29.7 Å². The molecular weight excluding hydrogens is 222 g/mol. The van der Waals surface area contributed by atoms with Gasteiger partial charge >= 0.3 is 0 Å². The fourth-order valence-corrected chi connectivity index (χ4v) is 2.36. The van der Waals surface area contributed by atoms with Crippen LogP contribution in [0.4, 0.5) is 0 Å². The number of hydrogen-bond donors (Lipinski definition) is 1. The second-order valence-electron chi connectivity index (χ2n) is 5.30. The molecule has 0 radical (unpaired) electrons. The lowest BCUT2D eigenvalue weighted by Gasteiger charge is -2.09. The first-order valence-corrected chi connectivity index (χ1v) is 6.61. The van der Waals surface area contributed by atoms with Crippen LogP contribution in [0.15, 0.2) is 36.8 Å². The van der Waals surface area contributed by atoms with Crippen molar-refractivity contribution < 1.29 is 0 Å². The first-order chi connectivity index (χ1) is 8.74. The van der Waals surface area contributed by atoms with Crippen LogP contribution in [0.1, 0.15) is 31.4 Å². The molecule has 1 aliphatic rings. The molecule has 3 nitrogen and oxygen atoms in total. The predicted octanol–water partition coefficient (Wildman–Crippen LogP) is 2.77. The Hall–Kier alpha value is -1.61. The lowest BCUT2D eigenvalue weighted by Crippen LogP contribution is -2.17. The van der Waals surface area contributed by atoms with Gasteiger partial charge in [-0.05, 0) is 37.3 Å². The van der Waals surface area contributed by atoms with Crippen LogP contribution < -0.4 is 5.73 Å². The van der Waals surface area contributed by atoms with Gasteiger partial charge in [0, 0.05) is 12.1 Å². The van der Waals surface area contributed by atoms with Crippen molar-refractivity contribution in [3.63, 3.8) is 0 Å². The van der Waals surface area contributed by atoms with Crippen LogP contribution in [0.3, 0.4) is 0 Å². The Morgan fingerprint density at radius 2 is 2.06 bits per heavy atom. The average molecular weight is 241 g/mol. The third-order valence-corrected chi connectivity index (χ3v) is 3.41. The molecule has 1 unspecified atom stereocenters. The molecular formula is C15H19N3. The van der Waals surface area contributed by atoms with Crippen LogP contribution in [0.5, 0.6) is 0 Å². The summed E-state index contributed by atoms with van der Waals surface area (Å²) < 4.78 is 2.29. The van der Waals surface area contributed by atoms with Crippen molar-refractivity contribution in [2.45, 2.75) is 38.3 Å². The minimum Gasteiger partial charge on any atom is -0.328 e. The van der Waals surface area contributed by atoms with Gasteiger partial charge in [0.1, 0.15) is 0 Å². The molecule has 0 amide bonds. The lowest BCUT2D eigenvalue weighted by atomic mass is 10.0. The fourth-order valence-electron chi connectivity index (χ4n) is 2.36. The van der Waals surface area contributed by atoms with Gasteiger partial charge in [-0.2, -0.15) is 0 Å². The van der Waals surface area contributed by atoms with Gasteiger partial charge in [0.25, 0.3) is 0 Å².